The van der Waals surface area contributed by atoms with Crippen molar-refractivity contribution in [3.63, 3.8) is 0 Å². The van der Waals surface area contributed by atoms with E-state index in [1.807, 2.05) is 54.6 Å². The van der Waals surface area contributed by atoms with Crippen LogP contribution in [-0.4, -0.2) is 36.9 Å². The van der Waals surface area contributed by atoms with E-state index >= 15 is 0 Å². The summed E-state index contributed by atoms with van der Waals surface area (Å²) < 4.78 is 5.17. The molecule has 0 bridgehead atoms. The lowest BCUT2D eigenvalue weighted by atomic mass is 10.1. The van der Waals surface area contributed by atoms with Crippen molar-refractivity contribution < 1.29 is 14.3 Å². The molecule has 138 valence electrons. The van der Waals surface area contributed by atoms with Gasteiger partial charge in [-0.3, -0.25) is 9.59 Å². The number of hydrogen-bond acceptors (Lipinski definition) is 3. The van der Waals surface area contributed by atoms with Gasteiger partial charge in [-0.1, -0.05) is 42.5 Å². The molecule has 1 N–H and O–H groups in total. The molecule has 26 heavy (non-hydrogen) atoms. The first-order valence-electron chi connectivity index (χ1n) is 8.73. The summed E-state index contributed by atoms with van der Waals surface area (Å²) in [6.45, 7) is 2.13. The van der Waals surface area contributed by atoms with Gasteiger partial charge in [0.1, 0.15) is 11.8 Å². The Hall–Kier alpha value is -2.82. The van der Waals surface area contributed by atoms with Gasteiger partial charge >= 0.3 is 0 Å². The molecule has 2 aromatic rings. The SMILES string of the molecule is CNC(=O)C(C)N(Cc1ccc(OC)cc1)C(=O)CCc1ccccc1. The van der Waals surface area contributed by atoms with Crippen LogP contribution in [0.1, 0.15) is 24.5 Å². The summed E-state index contributed by atoms with van der Waals surface area (Å²) in [4.78, 5) is 26.6. The molecule has 0 aliphatic carbocycles. The molecule has 0 spiro atoms. The molecule has 0 saturated carbocycles. The van der Waals surface area contributed by atoms with Gasteiger partial charge in [0.05, 0.1) is 7.11 Å². The number of rotatable bonds is 8. The highest BCUT2D eigenvalue weighted by molar-refractivity contribution is 5.87. The maximum absolute atomic E-state index is 12.8. The predicted octanol–water partition coefficient (Wildman–Crippen LogP) is 2.79. The van der Waals surface area contributed by atoms with E-state index < -0.39 is 6.04 Å². The quantitative estimate of drug-likeness (QED) is 0.793. The zero-order chi connectivity index (χ0) is 18.9. The topological polar surface area (TPSA) is 58.6 Å². The Morgan fingerprint density at radius 3 is 2.27 bits per heavy atom. The van der Waals surface area contributed by atoms with Crippen LogP contribution in [0.25, 0.3) is 0 Å². The normalized spacial score (nSPS) is 11.5. The van der Waals surface area contributed by atoms with E-state index in [4.69, 9.17) is 4.74 Å². The zero-order valence-corrected chi connectivity index (χ0v) is 15.6. The second-order valence-electron chi connectivity index (χ2n) is 6.15. The van der Waals surface area contributed by atoms with Gasteiger partial charge in [-0.05, 0) is 36.6 Å². The summed E-state index contributed by atoms with van der Waals surface area (Å²) in [5.41, 5.74) is 2.06. The number of nitrogens with zero attached hydrogens (tertiary/aromatic N) is 1. The molecular formula is C21H26N2O3. The third kappa shape index (κ3) is 5.34. The van der Waals surface area contributed by atoms with Gasteiger partial charge in [-0.15, -0.1) is 0 Å². The fraction of sp³-hybridized carbons (Fsp3) is 0.333. The lowest BCUT2D eigenvalue weighted by molar-refractivity contribution is -0.140. The van der Waals surface area contributed by atoms with Crippen molar-refractivity contribution in [2.24, 2.45) is 0 Å². The van der Waals surface area contributed by atoms with E-state index in [9.17, 15) is 9.59 Å². The molecule has 2 rings (SSSR count). The van der Waals surface area contributed by atoms with Crippen LogP contribution in [-0.2, 0) is 22.6 Å². The average molecular weight is 354 g/mol. The minimum atomic E-state index is -0.537. The summed E-state index contributed by atoms with van der Waals surface area (Å²) in [5, 5.41) is 2.63. The largest absolute Gasteiger partial charge is 0.497 e. The van der Waals surface area contributed by atoms with Gasteiger partial charge in [-0.25, -0.2) is 0 Å². The zero-order valence-electron chi connectivity index (χ0n) is 15.6. The number of benzene rings is 2. The van der Waals surface area contributed by atoms with Crippen LogP contribution in [0.15, 0.2) is 54.6 Å². The maximum atomic E-state index is 12.8. The number of nitrogens with one attached hydrogen (secondary N) is 1. The molecule has 1 atom stereocenters. The molecular weight excluding hydrogens is 328 g/mol. The first-order valence-corrected chi connectivity index (χ1v) is 8.73. The van der Waals surface area contributed by atoms with Crippen molar-refractivity contribution in [1.29, 1.82) is 0 Å². The molecule has 0 aliphatic heterocycles. The summed E-state index contributed by atoms with van der Waals surface area (Å²) in [7, 11) is 3.20. The minimum Gasteiger partial charge on any atom is -0.497 e. The highest BCUT2D eigenvalue weighted by Gasteiger charge is 2.25. The van der Waals surface area contributed by atoms with Gasteiger partial charge in [0.25, 0.3) is 0 Å². The molecule has 0 aromatic heterocycles. The summed E-state index contributed by atoms with van der Waals surface area (Å²) in [6.07, 6.45) is 1.01. The second-order valence-corrected chi connectivity index (χ2v) is 6.15. The van der Waals surface area contributed by atoms with E-state index in [0.29, 0.717) is 19.4 Å². The number of methoxy groups -OCH3 is 1. The predicted molar refractivity (Wildman–Crippen MR) is 102 cm³/mol. The molecule has 1 unspecified atom stereocenters. The first kappa shape index (κ1) is 19.5. The summed E-state index contributed by atoms with van der Waals surface area (Å²) in [5.74, 6) is 0.544. The maximum Gasteiger partial charge on any atom is 0.242 e. The Balaban J connectivity index is 2.11. The fourth-order valence-electron chi connectivity index (χ4n) is 2.76. The lowest BCUT2D eigenvalue weighted by Crippen LogP contribution is -2.46. The third-order valence-electron chi connectivity index (χ3n) is 4.40. The standard InChI is InChI=1S/C21H26N2O3/c1-16(21(25)22-2)23(15-18-9-12-19(26-3)13-10-18)20(24)14-11-17-7-5-4-6-8-17/h4-10,12-13,16H,11,14-15H2,1-3H3,(H,22,25). The number of carbonyl (C=O) groups excluding carboxylic acids is 2. The van der Waals surface area contributed by atoms with Gasteiger partial charge in [0.2, 0.25) is 11.8 Å². The summed E-state index contributed by atoms with van der Waals surface area (Å²) >= 11 is 0. The van der Waals surface area contributed by atoms with E-state index in [-0.39, 0.29) is 11.8 Å². The smallest absolute Gasteiger partial charge is 0.242 e. The van der Waals surface area contributed by atoms with E-state index in [1.165, 1.54) is 0 Å². The van der Waals surface area contributed by atoms with Crippen molar-refractivity contribution in [3.8, 4) is 5.75 Å². The van der Waals surface area contributed by atoms with Crippen LogP contribution < -0.4 is 10.1 Å². The van der Waals surface area contributed by atoms with Crippen molar-refractivity contribution in [1.82, 2.24) is 10.2 Å². The Labute approximate surface area is 155 Å². The number of carbonyl (C=O) groups is 2. The first-order chi connectivity index (χ1) is 12.5. The fourth-order valence-corrected chi connectivity index (χ4v) is 2.76. The number of hydrogen-bond donors (Lipinski definition) is 1. The van der Waals surface area contributed by atoms with E-state index in [2.05, 4.69) is 5.32 Å². The van der Waals surface area contributed by atoms with Crippen molar-refractivity contribution in [2.75, 3.05) is 14.2 Å². The Morgan fingerprint density at radius 1 is 1.04 bits per heavy atom. The molecule has 0 fully saturated rings. The molecule has 0 heterocycles. The molecule has 5 nitrogen and oxygen atoms in total. The number of ether oxygens (including phenoxy) is 1. The van der Waals surface area contributed by atoms with Gasteiger partial charge in [0.15, 0.2) is 0 Å². The number of likely N-dealkylation sites (N-methyl/N-ethyl adjacent to an activating group) is 1. The van der Waals surface area contributed by atoms with Crippen LogP contribution >= 0.6 is 0 Å². The van der Waals surface area contributed by atoms with E-state index in [1.54, 1.807) is 26.0 Å². The molecule has 2 amide bonds. The van der Waals surface area contributed by atoms with Crippen LogP contribution in [0.3, 0.4) is 0 Å². The van der Waals surface area contributed by atoms with Crippen LogP contribution in [0.2, 0.25) is 0 Å². The van der Waals surface area contributed by atoms with Gasteiger partial charge < -0.3 is 15.0 Å². The van der Waals surface area contributed by atoms with Crippen LogP contribution in [0.4, 0.5) is 0 Å². The second kappa shape index (κ2) is 9.61. The van der Waals surface area contributed by atoms with Crippen molar-refractivity contribution >= 4 is 11.8 Å². The lowest BCUT2D eigenvalue weighted by Gasteiger charge is -2.28. The molecule has 2 aromatic carbocycles. The molecule has 0 radical (unpaired) electrons. The highest BCUT2D eigenvalue weighted by atomic mass is 16.5. The molecule has 0 saturated heterocycles. The Bertz CT molecular complexity index is 714. The van der Waals surface area contributed by atoms with Crippen LogP contribution in [0.5, 0.6) is 5.75 Å². The number of aryl methyl sites for hydroxylation is 1. The van der Waals surface area contributed by atoms with Crippen molar-refractivity contribution in [2.45, 2.75) is 32.4 Å². The minimum absolute atomic E-state index is 0.0410. The van der Waals surface area contributed by atoms with Crippen LogP contribution in [0, 0.1) is 0 Å². The van der Waals surface area contributed by atoms with Gasteiger partial charge in [0, 0.05) is 20.0 Å². The number of amides is 2. The molecule has 0 aliphatic rings. The highest BCUT2D eigenvalue weighted by Crippen LogP contribution is 2.16. The monoisotopic (exact) mass is 354 g/mol. The Morgan fingerprint density at radius 2 is 1.69 bits per heavy atom. The third-order valence-corrected chi connectivity index (χ3v) is 4.40. The van der Waals surface area contributed by atoms with Gasteiger partial charge in [-0.2, -0.15) is 0 Å². The van der Waals surface area contributed by atoms with E-state index in [0.717, 1.165) is 16.9 Å². The summed E-state index contributed by atoms with van der Waals surface area (Å²) in [6, 6.07) is 16.9. The molecule has 5 heteroatoms. The Kier molecular flexibility index (Phi) is 7.21. The average Bonchev–Trinajstić information content (AvgIpc) is 2.70. The van der Waals surface area contributed by atoms with Crippen molar-refractivity contribution in [3.05, 3.63) is 65.7 Å².